The van der Waals surface area contributed by atoms with Gasteiger partial charge in [-0.2, -0.15) is 0 Å². The molecule has 0 heterocycles. The molecule has 0 saturated heterocycles. The first kappa shape index (κ1) is 13.1. The molecule has 0 aliphatic heterocycles. The number of carbonyl (C=O) groups excluding carboxylic acids is 1. The Labute approximate surface area is 107 Å². The van der Waals surface area contributed by atoms with E-state index in [1.807, 2.05) is 31.2 Å². The van der Waals surface area contributed by atoms with E-state index in [0.717, 1.165) is 17.5 Å². The maximum absolute atomic E-state index is 11.8. The van der Waals surface area contributed by atoms with Crippen molar-refractivity contribution in [2.45, 2.75) is 32.6 Å². The Morgan fingerprint density at radius 3 is 2.83 bits per heavy atom. The van der Waals surface area contributed by atoms with Crippen molar-refractivity contribution in [1.82, 2.24) is 5.32 Å². The van der Waals surface area contributed by atoms with Gasteiger partial charge in [-0.3, -0.25) is 4.79 Å². The maximum Gasteiger partial charge on any atom is 0.226 e. The van der Waals surface area contributed by atoms with Crippen LogP contribution in [0.25, 0.3) is 0 Å². The van der Waals surface area contributed by atoms with E-state index < -0.39 is 0 Å². The number of ether oxygens (including phenoxy) is 1. The monoisotopic (exact) mass is 249 g/mol. The van der Waals surface area contributed by atoms with Gasteiger partial charge in [0.2, 0.25) is 5.91 Å². The van der Waals surface area contributed by atoms with Gasteiger partial charge in [0, 0.05) is 13.2 Å². The first-order valence-corrected chi connectivity index (χ1v) is 6.33. The Balaban J connectivity index is 1.83. The molecule has 1 fully saturated rings. The quantitative estimate of drug-likeness (QED) is 0.797. The lowest BCUT2D eigenvalue weighted by molar-refractivity contribution is -0.123. The Morgan fingerprint density at radius 2 is 2.17 bits per heavy atom. The molecule has 4 nitrogen and oxygen atoms in total. The number of hydrogen-bond donors (Lipinski definition) is 2. The van der Waals surface area contributed by atoms with Crippen LogP contribution in [0.5, 0.6) is 0 Å². The zero-order valence-electron chi connectivity index (χ0n) is 10.6. The van der Waals surface area contributed by atoms with E-state index >= 15 is 0 Å². The van der Waals surface area contributed by atoms with E-state index in [4.69, 9.17) is 4.74 Å². The van der Waals surface area contributed by atoms with Crippen LogP contribution in [-0.4, -0.2) is 23.7 Å². The van der Waals surface area contributed by atoms with Crippen LogP contribution in [0.2, 0.25) is 0 Å². The van der Waals surface area contributed by atoms with Crippen LogP contribution >= 0.6 is 0 Å². The molecular weight excluding hydrogens is 230 g/mol. The molecule has 98 valence electrons. The van der Waals surface area contributed by atoms with Gasteiger partial charge in [-0.1, -0.05) is 24.3 Å². The summed E-state index contributed by atoms with van der Waals surface area (Å²) in [5, 5.41) is 12.1. The van der Waals surface area contributed by atoms with Crippen molar-refractivity contribution in [2.75, 3.05) is 6.61 Å². The van der Waals surface area contributed by atoms with E-state index in [-0.39, 0.29) is 24.5 Å². The highest BCUT2D eigenvalue weighted by Crippen LogP contribution is 2.33. The summed E-state index contributed by atoms with van der Waals surface area (Å²) >= 11 is 0. The Bertz CT molecular complexity index is 419. The van der Waals surface area contributed by atoms with Crippen LogP contribution in [0.3, 0.4) is 0 Å². The highest BCUT2D eigenvalue weighted by molar-refractivity contribution is 5.82. The molecule has 0 aromatic heterocycles. The fraction of sp³-hybridized carbons (Fsp3) is 0.500. The number of benzene rings is 1. The molecule has 2 unspecified atom stereocenters. The van der Waals surface area contributed by atoms with E-state index in [9.17, 15) is 9.90 Å². The second-order valence-corrected chi connectivity index (χ2v) is 4.48. The zero-order valence-corrected chi connectivity index (χ0v) is 10.6. The molecule has 1 amide bonds. The molecule has 1 aromatic rings. The fourth-order valence-electron chi connectivity index (χ4n) is 2.04. The molecule has 1 aliphatic carbocycles. The minimum absolute atomic E-state index is 0.00293. The number of amides is 1. The van der Waals surface area contributed by atoms with Crippen molar-refractivity contribution >= 4 is 5.91 Å². The average molecular weight is 249 g/mol. The molecule has 18 heavy (non-hydrogen) atoms. The van der Waals surface area contributed by atoms with Gasteiger partial charge >= 0.3 is 0 Å². The fourth-order valence-corrected chi connectivity index (χ4v) is 2.04. The predicted octanol–water partition coefficient (Wildman–Crippen LogP) is 1.22. The van der Waals surface area contributed by atoms with Gasteiger partial charge < -0.3 is 15.2 Å². The minimum atomic E-state index is -0.00293. The van der Waals surface area contributed by atoms with E-state index in [1.54, 1.807) is 0 Å². The molecule has 0 bridgehead atoms. The van der Waals surface area contributed by atoms with Crippen molar-refractivity contribution in [2.24, 2.45) is 5.92 Å². The van der Waals surface area contributed by atoms with Gasteiger partial charge in [0.05, 0.1) is 18.6 Å². The van der Waals surface area contributed by atoms with Crippen LogP contribution < -0.4 is 5.32 Å². The van der Waals surface area contributed by atoms with Crippen molar-refractivity contribution in [1.29, 1.82) is 0 Å². The van der Waals surface area contributed by atoms with Gasteiger partial charge in [0.15, 0.2) is 0 Å². The molecule has 2 rings (SSSR count). The highest BCUT2D eigenvalue weighted by Gasteiger charge is 2.43. The largest absolute Gasteiger partial charge is 0.392 e. The van der Waals surface area contributed by atoms with Gasteiger partial charge in [-0.05, 0) is 24.5 Å². The first-order valence-electron chi connectivity index (χ1n) is 6.33. The molecule has 2 atom stereocenters. The number of nitrogens with one attached hydrogen (secondary N) is 1. The average Bonchev–Trinajstić information content (AvgIpc) is 3.16. The maximum atomic E-state index is 11.8. The van der Waals surface area contributed by atoms with Crippen molar-refractivity contribution in [3.63, 3.8) is 0 Å². The molecule has 4 heteroatoms. The molecule has 1 saturated carbocycles. The second kappa shape index (κ2) is 5.98. The Morgan fingerprint density at radius 1 is 1.44 bits per heavy atom. The van der Waals surface area contributed by atoms with Gasteiger partial charge in [0.25, 0.3) is 0 Å². The van der Waals surface area contributed by atoms with Crippen LogP contribution in [-0.2, 0) is 22.7 Å². The third-order valence-corrected chi connectivity index (χ3v) is 3.19. The summed E-state index contributed by atoms with van der Waals surface area (Å²) in [6, 6.07) is 7.56. The summed E-state index contributed by atoms with van der Waals surface area (Å²) in [6.45, 7) is 3.05. The topological polar surface area (TPSA) is 58.6 Å². The summed E-state index contributed by atoms with van der Waals surface area (Å²) in [5.41, 5.74) is 1.82. The Kier molecular flexibility index (Phi) is 4.33. The lowest BCUT2D eigenvalue weighted by atomic mass is 10.1. The molecule has 2 N–H and O–H groups in total. The molecule has 1 aliphatic rings. The smallest absolute Gasteiger partial charge is 0.226 e. The molecular formula is C14H19NO3. The number of rotatable bonds is 6. The normalized spacial score (nSPS) is 21.7. The summed E-state index contributed by atoms with van der Waals surface area (Å²) in [5.74, 6) is 0.0485. The van der Waals surface area contributed by atoms with Crippen LogP contribution in [0.4, 0.5) is 0 Å². The summed E-state index contributed by atoms with van der Waals surface area (Å²) in [7, 11) is 0. The number of aliphatic hydroxyl groups is 1. The minimum Gasteiger partial charge on any atom is -0.392 e. The Hall–Kier alpha value is -1.39. The number of aliphatic hydroxyl groups excluding tert-OH is 1. The second-order valence-electron chi connectivity index (χ2n) is 4.48. The van der Waals surface area contributed by atoms with E-state index in [0.29, 0.717) is 13.2 Å². The third-order valence-electron chi connectivity index (χ3n) is 3.19. The lowest BCUT2D eigenvalue weighted by Crippen LogP contribution is -2.26. The predicted molar refractivity (Wildman–Crippen MR) is 67.7 cm³/mol. The van der Waals surface area contributed by atoms with Gasteiger partial charge in [-0.25, -0.2) is 0 Å². The van der Waals surface area contributed by atoms with Crippen LogP contribution in [0.1, 0.15) is 24.5 Å². The SMILES string of the molecule is CCOC1CC1C(=O)NCc1ccccc1CO. The van der Waals surface area contributed by atoms with Crippen LogP contribution in [0.15, 0.2) is 24.3 Å². The van der Waals surface area contributed by atoms with E-state index in [2.05, 4.69) is 5.32 Å². The third kappa shape index (κ3) is 3.09. The standard InChI is InChI=1S/C14H19NO3/c1-2-18-13-7-12(13)14(17)15-8-10-5-3-4-6-11(10)9-16/h3-6,12-13,16H,2,7-9H2,1H3,(H,15,17). The molecule has 1 aromatic carbocycles. The molecule has 0 spiro atoms. The van der Waals surface area contributed by atoms with Crippen LogP contribution in [0, 0.1) is 5.92 Å². The number of hydrogen-bond acceptors (Lipinski definition) is 3. The number of carbonyl (C=O) groups is 1. The van der Waals surface area contributed by atoms with Gasteiger partial charge in [0.1, 0.15) is 0 Å². The first-order chi connectivity index (χ1) is 8.76. The van der Waals surface area contributed by atoms with Crippen molar-refractivity contribution < 1.29 is 14.6 Å². The van der Waals surface area contributed by atoms with Crippen molar-refractivity contribution in [3.8, 4) is 0 Å². The van der Waals surface area contributed by atoms with E-state index in [1.165, 1.54) is 0 Å². The molecule has 0 radical (unpaired) electrons. The van der Waals surface area contributed by atoms with Gasteiger partial charge in [-0.15, -0.1) is 0 Å². The highest BCUT2D eigenvalue weighted by atomic mass is 16.5. The summed E-state index contributed by atoms with van der Waals surface area (Å²) in [6.07, 6.45) is 0.921. The summed E-state index contributed by atoms with van der Waals surface area (Å²) < 4.78 is 5.38. The summed E-state index contributed by atoms with van der Waals surface area (Å²) in [4.78, 5) is 11.8. The zero-order chi connectivity index (χ0) is 13.0. The van der Waals surface area contributed by atoms with Crippen molar-refractivity contribution in [3.05, 3.63) is 35.4 Å². The lowest BCUT2D eigenvalue weighted by Gasteiger charge is -2.08.